The van der Waals surface area contributed by atoms with Crippen molar-refractivity contribution in [3.05, 3.63) is 0 Å². The second kappa shape index (κ2) is 10.7. The third-order valence-corrected chi connectivity index (χ3v) is 4.22. The van der Waals surface area contributed by atoms with Crippen LogP contribution in [0.15, 0.2) is 0 Å². The number of rotatable bonds is 6. The van der Waals surface area contributed by atoms with Gasteiger partial charge in [0.25, 0.3) is 0 Å². The lowest BCUT2D eigenvalue weighted by atomic mass is 9.88. The van der Waals surface area contributed by atoms with Crippen LogP contribution in [0.1, 0.15) is 71.6 Å². The van der Waals surface area contributed by atoms with Gasteiger partial charge in [-0.25, -0.2) is 0 Å². The van der Waals surface area contributed by atoms with Crippen molar-refractivity contribution in [1.82, 2.24) is 10.6 Å². The topological polar surface area (TPSA) is 58.2 Å². The van der Waals surface area contributed by atoms with E-state index in [1.54, 1.807) is 0 Å². The van der Waals surface area contributed by atoms with Crippen LogP contribution in [0.2, 0.25) is 0 Å². The minimum absolute atomic E-state index is 0.0227. The molecule has 0 heterocycles. The highest BCUT2D eigenvalue weighted by Gasteiger charge is 2.19. The summed E-state index contributed by atoms with van der Waals surface area (Å²) in [5, 5.41) is 5.50. The molecule has 2 amide bonds. The average Bonchev–Trinajstić information content (AvgIpc) is 2.57. The average molecular weight is 306 g/mol. The fourth-order valence-electron chi connectivity index (χ4n) is 3.03. The zero-order chi connectivity index (χ0) is 16.4. The molecule has 5 heteroatoms. The van der Waals surface area contributed by atoms with E-state index in [1.807, 2.05) is 0 Å². The minimum Gasteiger partial charge on any atom is -0.361 e. The Morgan fingerprint density at radius 3 is 2.14 bits per heavy atom. The molecule has 2 N–H and O–H groups in total. The maximum Gasteiger partial charge on any atom is 0.238 e. The van der Waals surface area contributed by atoms with Gasteiger partial charge in [0.2, 0.25) is 11.8 Å². The first-order valence-corrected chi connectivity index (χ1v) is 8.81. The molecule has 0 aromatic heterocycles. The van der Waals surface area contributed by atoms with Gasteiger partial charge in [-0.2, -0.15) is 0 Å². The fraction of sp³-hybridized carbons (Fsp3) is 0.882. The summed E-state index contributed by atoms with van der Waals surface area (Å²) >= 11 is 0. The molecule has 124 valence electrons. The molecule has 22 heavy (non-hydrogen) atoms. The third-order valence-electron chi connectivity index (χ3n) is 4.22. The second-order valence-electron chi connectivity index (χ2n) is 6.92. The van der Waals surface area contributed by atoms with Gasteiger partial charge >= 0.3 is 0 Å². The minimum atomic E-state index is -0.339. The molecular formula is C17H31BN2O2. The lowest BCUT2D eigenvalue weighted by Gasteiger charge is -2.18. The Kier molecular flexibility index (Phi) is 9.25. The summed E-state index contributed by atoms with van der Waals surface area (Å²) in [7, 11) is 5.84. The molecule has 0 spiro atoms. The Hall–Kier alpha value is -0.995. The molecular weight excluding hydrogens is 275 g/mol. The van der Waals surface area contributed by atoms with Crippen molar-refractivity contribution in [2.45, 2.75) is 77.6 Å². The quantitative estimate of drug-likeness (QED) is 0.741. The van der Waals surface area contributed by atoms with Gasteiger partial charge < -0.3 is 10.6 Å². The van der Waals surface area contributed by atoms with Crippen molar-refractivity contribution in [2.75, 3.05) is 6.54 Å². The number of hydrogen-bond donors (Lipinski definition) is 2. The van der Waals surface area contributed by atoms with E-state index in [2.05, 4.69) is 24.5 Å². The van der Waals surface area contributed by atoms with Crippen LogP contribution in [0.25, 0.3) is 0 Å². The number of carbonyl (C=O) groups excluding carboxylic acids is 2. The summed E-state index contributed by atoms with van der Waals surface area (Å²) < 4.78 is 0. The fourth-order valence-corrected chi connectivity index (χ4v) is 3.03. The maximum atomic E-state index is 12.2. The third kappa shape index (κ3) is 8.45. The lowest BCUT2D eigenvalue weighted by Crippen LogP contribution is -2.44. The molecule has 1 aliphatic rings. The van der Waals surface area contributed by atoms with Crippen molar-refractivity contribution in [1.29, 1.82) is 0 Å². The first-order chi connectivity index (χ1) is 10.5. The van der Waals surface area contributed by atoms with Crippen molar-refractivity contribution in [3.63, 3.8) is 0 Å². The zero-order valence-corrected chi connectivity index (χ0v) is 14.2. The van der Waals surface area contributed by atoms with E-state index in [0.29, 0.717) is 5.92 Å². The second-order valence-corrected chi connectivity index (χ2v) is 6.92. The molecule has 2 radical (unpaired) electrons. The van der Waals surface area contributed by atoms with Crippen molar-refractivity contribution in [3.8, 4) is 0 Å². The van der Waals surface area contributed by atoms with Crippen LogP contribution in [0.5, 0.6) is 0 Å². The van der Waals surface area contributed by atoms with Gasteiger partial charge in [0.05, 0.1) is 14.4 Å². The predicted molar refractivity (Wildman–Crippen MR) is 90.6 cm³/mol. The summed E-state index contributed by atoms with van der Waals surface area (Å²) in [6.45, 7) is 4.15. The lowest BCUT2D eigenvalue weighted by molar-refractivity contribution is -0.129. The van der Waals surface area contributed by atoms with Crippen LogP contribution in [-0.4, -0.2) is 32.1 Å². The van der Waals surface area contributed by atoms with Gasteiger partial charge in [0, 0.05) is 5.92 Å². The summed E-state index contributed by atoms with van der Waals surface area (Å²) in [5.41, 5.74) is 0. The van der Waals surface area contributed by atoms with Crippen molar-refractivity contribution >= 4 is 19.7 Å². The molecule has 1 saturated carbocycles. The van der Waals surface area contributed by atoms with Gasteiger partial charge in [-0.05, 0) is 31.1 Å². The van der Waals surface area contributed by atoms with E-state index >= 15 is 0 Å². The zero-order valence-electron chi connectivity index (χ0n) is 14.2. The van der Waals surface area contributed by atoms with E-state index in [4.69, 9.17) is 7.85 Å². The summed E-state index contributed by atoms with van der Waals surface area (Å²) in [5.74, 6) is -0.0210. The van der Waals surface area contributed by atoms with Gasteiger partial charge in [0.15, 0.2) is 0 Å². The van der Waals surface area contributed by atoms with Crippen LogP contribution >= 0.6 is 0 Å². The standard InChI is InChI=1S/C17H31BN2O2/c1-13(2)11-15(18)20-16(21)12-19-17(22)14-9-7-5-3-4-6-8-10-14/h13-15H,3-12H2,1-2H3,(H,19,22)(H,20,21)/t15-/m0/s1. The first kappa shape index (κ1) is 19.1. The van der Waals surface area contributed by atoms with Crippen LogP contribution in [-0.2, 0) is 9.59 Å². The van der Waals surface area contributed by atoms with Gasteiger partial charge in [0.1, 0.15) is 0 Å². The van der Waals surface area contributed by atoms with Gasteiger partial charge in [-0.1, -0.05) is 52.4 Å². The van der Waals surface area contributed by atoms with E-state index in [0.717, 1.165) is 32.1 Å². The molecule has 1 fully saturated rings. The van der Waals surface area contributed by atoms with E-state index in [-0.39, 0.29) is 30.2 Å². The highest BCUT2D eigenvalue weighted by molar-refractivity contribution is 6.13. The summed E-state index contributed by atoms with van der Waals surface area (Å²) in [4.78, 5) is 24.0. The van der Waals surface area contributed by atoms with Crippen LogP contribution in [0.3, 0.4) is 0 Å². The Balaban J connectivity index is 2.29. The smallest absolute Gasteiger partial charge is 0.238 e. The Labute approximate surface area is 136 Å². The normalized spacial score (nSPS) is 18.9. The number of nitrogens with one attached hydrogen (secondary N) is 2. The highest BCUT2D eigenvalue weighted by Crippen LogP contribution is 2.21. The highest BCUT2D eigenvalue weighted by atomic mass is 16.2. The molecule has 0 bridgehead atoms. The first-order valence-electron chi connectivity index (χ1n) is 8.81. The molecule has 0 aliphatic heterocycles. The van der Waals surface area contributed by atoms with Crippen LogP contribution in [0.4, 0.5) is 0 Å². The van der Waals surface area contributed by atoms with Crippen molar-refractivity contribution in [2.24, 2.45) is 11.8 Å². The number of hydrogen-bond acceptors (Lipinski definition) is 2. The maximum absolute atomic E-state index is 12.2. The van der Waals surface area contributed by atoms with E-state index in [9.17, 15) is 9.59 Å². The largest absolute Gasteiger partial charge is 0.361 e. The number of amides is 2. The predicted octanol–water partition coefficient (Wildman–Crippen LogP) is 2.51. The Bertz CT molecular complexity index is 338. The molecule has 1 rings (SSSR count). The van der Waals surface area contributed by atoms with Crippen LogP contribution < -0.4 is 10.6 Å². The van der Waals surface area contributed by atoms with E-state index < -0.39 is 0 Å². The van der Waals surface area contributed by atoms with E-state index in [1.165, 1.54) is 25.7 Å². The Morgan fingerprint density at radius 1 is 1.05 bits per heavy atom. The van der Waals surface area contributed by atoms with Gasteiger partial charge in [-0.3, -0.25) is 9.59 Å². The molecule has 0 aromatic rings. The molecule has 0 unspecified atom stereocenters. The molecule has 1 aliphatic carbocycles. The Morgan fingerprint density at radius 2 is 1.59 bits per heavy atom. The molecule has 1 atom stereocenters. The van der Waals surface area contributed by atoms with Crippen LogP contribution in [0, 0.1) is 11.8 Å². The molecule has 4 nitrogen and oxygen atoms in total. The molecule has 0 saturated heterocycles. The SMILES string of the molecule is [B][C@H](CC(C)C)NC(=O)CNC(=O)C1CCCCCCCC1. The molecule has 0 aromatic carbocycles. The number of carbonyl (C=O) groups is 2. The monoisotopic (exact) mass is 306 g/mol. The van der Waals surface area contributed by atoms with Gasteiger partial charge in [-0.15, -0.1) is 0 Å². The summed E-state index contributed by atoms with van der Waals surface area (Å²) in [6.07, 6.45) is 9.85. The van der Waals surface area contributed by atoms with Crippen molar-refractivity contribution < 1.29 is 9.59 Å². The summed E-state index contributed by atoms with van der Waals surface area (Å²) in [6, 6.07) is 0.